The summed E-state index contributed by atoms with van der Waals surface area (Å²) in [6.45, 7) is 6.35. The van der Waals surface area contributed by atoms with Gasteiger partial charge in [0.05, 0.1) is 12.2 Å². The van der Waals surface area contributed by atoms with Gasteiger partial charge < -0.3 is 10.1 Å². The lowest BCUT2D eigenvalue weighted by Gasteiger charge is -2.10. The van der Waals surface area contributed by atoms with Crippen molar-refractivity contribution in [1.82, 2.24) is 15.0 Å². The van der Waals surface area contributed by atoms with Gasteiger partial charge in [0.1, 0.15) is 11.6 Å². The second-order valence-electron chi connectivity index (χ2n) is 8.51. The van der Waals surface area contributed by atoms with Gasteiger partial charge in [0, 0.05) is 18.5 Å². The summed E-state index contributed by atoms with van der Waals surface area (Å²) in [5.41, 5.74) is 6.08. The van der Waals surface area contributed by atoms with E-state index in [1.54, 1.807) is 19.1 Å². The Bertz CT molecular complexity index is 1380. The minimum atomic E-state index is -0.319. The first-order valence-corrected chi connectivity index (χ1v) is 12.3. The number of hydrogen-bond acceptors (Lipinski definition) is 8. The van der Waals surface area contributed by atoms with Gasteiger partial charge >= 0.3 is 12.1 Å². The third kappa shape index (κ3) is 8.47. The summed E-state index contributed by atoms with van der Waals surface area (Å²) in [5.74, 6) is 1.57. The minimum Gasteiger partial charge on any atom is -0.462 e. The molecule has 0 aliphatic heterocycles. The van der Waals surface area contributed by atoms with Crippen molar-refractivity contribution in [2.75, 3.05) is 11.9 Å². The molecule has 0 fully saturated rings. The van der Waals surface area contributed by atoms with Gasteiger partial charge in [-0.1, -0.05) is 55.5 Å². The zero-order chi connectivity index (χ0) is 27.3. The molecule has 0 bridgehead atoms. The lowest BCUT2D eigenvalue weighted by atomic mass is 10.1. The van der Waals surface area contributed by atoms with E-state index in [-0.39, 0.29) is 12.1 Å². The first-order chi connectivity index (χ1) is 18.4. The number of ether oxygens (including phenoxy) is 1. The van der Waals surface area contributed by atoms with E-state index in [2.05, 4.69) is 60.5 Å². The number of aryl methyl sites for hydroxylation is 2. The van der Waals surface area contributed by atoms with E-state index in [9.17, 15) is 4.79 Å². The molecule has 1 N–H and O–H groups in total. The molecule has 1 aromatic heterocycles. The van der Waals surface area contributed by atoms with Crippen LogP contribution in [0.3, 0.4) is 0 Å². The van der Waals surface area contributed by atoms with Gasteiger partial charge in [-0.15, -0.1) is 0 Å². The monoisotopic (exact) mass is 510 g/mol. The summed E-state index contributed by atoms with van der Waals surface area (Å²) in [4.78, 5) is 42.3. The summed E-state index contributed by atoms with van der Waals surface area (Å²) < 4.78 is 5.07. The highest BCUT2D eigenvalue weighted by molar-refractivity contribution is 5.89. The summed E-state index contributed by atoms with van der Waals surface area (Å²) in [6.07, 6.45) is 2.40. The molecule has 38 heavy (non-hydrogen) atoms. The Balaban J connectivity index is 0.00000127. The molecule has 8 heteroatoms. The number of benzene rings is 3. The zero-order valence-corrected chi connectivity index (χ0v) is 21.7. The number of anilines is 2. The molecule has 0 aliphatic rings. The molecule has 0 radical (unpaired) electrons. The van der Waals surface area contributed by atoms with E-state index in [0.29, 0.717) is 42.6 Å². The van der Waals surface area contributed by atoms with Crippen LogP contribution in [0.2, 0.25) is 0 Å². The van der Waals surface area contributed by atoms with Crippen molar-refractivity contribution in [3.63, 3.8) is 0 Å². The number of hydrogen-bond donors (Lipinski definition) is 1. The Morgan fingerprint density at radius 3 is 1.89 bits per heavy atom. The number of nitrogens with one attached hydrogen (secondary N) is 1. The smallest absolute Gasteiger partial charge is 0.373 e. The van der Waals surface area contributed by atoms with Crippen molar-refractivity contribution in [3.05, 3.63) is 112 Å². The molecular weight excluding hydrogens is 480 g/mol. The van der Waals surface area contributed by atoms with Crippen molar-refractivity contribution in [3.8, 4) is 0 Å². The van der Waals surface area contributed by atoms with Crippen molar-refractivity contribution in [2.45, 2.75) is 40.0 Å². The highest BCUT2D eigenvalue weighted by Gasteiger charge is 2.11. The van der Waals surface area contributed by atoms with Crippen LogP contribution in [0.1, 0.15) is 58.1 Å². The third-order valence-electron chi connectivity index (χ3n) is 5.62. The van der Waals surface area contributed by atoms with Crippen LogP contribution in [-0.4, -0.2) is 33.7 Å². The van der Waals surface area contributed by atoms with Gasteiger partial charge in [-0.3, -0.25) is 0 Å². The molecule has 3 aromatic carbocycles. The number of carbonyl (C=O) groups is 1. The molecular formula is C30H30N4O4. The predicted octanol–water partition coefficient (Wildman–Crippen LogP) is 5.26. The van der Waals surface area contributed by atoms with Gasteiger partial charge in [0.25, 0.3) is 0 Å². The van der Waals surface area contributed by atoms with Crippen LogP contribution in [0.4, 0.5) is 11.6 Å². The maximum Gasteiger partial charge on any atom is 0.373 e. The number of aromatic nitrogens is 3. The van der Waals surface area contributed by atoms with Crippen LogP contribution in [0.15, 0.2) is 72.8 Å². The van der Waals surface area contributed by atoms with Gasteiger partial charge in [-0.25, -0.2) is 9.78 Å². The Hall–Kier alpha value is -4.68. The molecule has 4 rings (SSSR count). The molecule has 194 valence electrons. The van der Waals surface area contributed by atoms with Gasteiger partial charge in [0.2, 0.25) is 5.95 Å². The van der Waals surface area contributed by atoms with Crippen LogP contribution < -0.4 is 5.32 Å². The Morgan fingerprint density at radius 2 is 1.37 bits per heavy atom. The topological polar surface area (TPSA) is 111 Å². The van der Waals surface area contributed by atoms with Crippen LogP contribution >= 0.6 is 0 Å². The lowest BCUT2D eigenvalue weighted by molar-refractivity contribution is -0.191. The first-order valence-electron chi connectivity index (χ1n) is 12.3. The van der Waals surface area contributed by atoms with Crippen LogP contribution in [-0.2, 0) is 33.6 Å². The van der Waals surface area contributed by atoms with Gasteiger partial charge in [-0.05, 0) is 66.8 Å². The first kappa shape index (κ1) is 27.9. The van der Waals surface area contributed by atoms with E-state index in [1.807, 2.05) is 24.3 Å². The average molecular weight is 511 g/mol. The van der Waals surface area contributed by atoms with Crippen molar-refractivity contribution in [2.24, 2.45) is 0 Å². The van der Waals surface area contributed by atoms with Crippen molar-refractivity contribution in [1.29, 1.82) is 0 Å². The molecule has 4 aromatic rings. The molecule has 0 saturated carbocycles. The molecule has 0 spiro atoms. The summed E-state index contributed by atoms with van der Waals surface area (Å²) >= 11 is 0. The molecule has 0 aliphatic carbocycles. The summed E-state index contributed by atoms with van der Waals surface area (Å²) in [6, 6.07) is 24.0. The fourth-order valence-corrected chi connectivity index (χ4v) is 3.77. The zero-order valence-electron chi connectivity index (χ0n) is 21.7. The largest absolute Gasteiger partial charge is 0.462 e. The molecule has 0 saturated heterocycles. The maximum absolute atomic E-state index is 12.0. The SMILES string of the molecule is CCOC(=O)c1ccc(Cc2nc(Cc3ccc(CC)cc3)nc(Nc3cccc(C)c3)n2)cc1.O=C=O. The predicted molar refractivity (Wildman–Crippen MR) is 143 cm³/mol. The Kier molecular flexibility index (Phi) is 10.4. The lowest BCUT2D eigenvalue weighted by Crippen LogP contribution is -2.09. The van der Waals surface area contributed by atoms with E-state index in [0.717, 1.165) is 28.8 Å². The van der Waals surface area contributed by atoms with Gasteiger partial charge in [-0.2, -0.15) is 19.6 Å². The molecule has 0 atom stereocenters. The summed E-state index contributed by atoms with van der Waals surface area (Å²) in [7, 11) is 0. The fraction of sp³-hybridized carbons (Fsp3) is 0.233. The van der Waals surface area contributed by atoms with E-state index >= 15 is 0 Å². The van der Waals surface area contributed by atoms with Crippen molar-refractivity contribution >= 4 is 23.8 Å². The summed E-state index contributed by atoms with van der Waals surface area (Å²) in [5, 5.41) is 3.33. The quantitative estimate of drug-likeness (QED) is 0.304. The number of carbonyl (C=O) groups excluding carboxylic acids is 3. The molecule has 1 heterocycles. The third-order valence-corrected chi connectivity index (χ3v) is 5.62. The standard InChI is InChI=1S/C29H30N4O2.CO2/c1-4-21-9-11-22(12-10-21)18-26-31-27(19-23-13-15-24(16-14-23)28(34)35-5-2)33-29(32-26)30-25-8-6-7-20(3)17-25;2-1-3/h6-17H,4-5,18-19H2,1-3H3,(H,30,31,32,33);. The number of esters is 1. The second-order valence-corrected chi connectivity index (χ2v) is 8.51. The number of rotatable bonds is 9. The average Bonchev–Trinajstić information content (AvgIpc) is 2.90. The van der Waals surface area contributed by atoms with Crippen LogP contribution in [0.25, 0.3) is 0 Å². The Labute approximate surface area is 222 Å². The minimum absolute atomic E-state index is 0.250. The van der Waals surface area contributed by atoms with E-state index < -0.39 is 0 Å². The highest BCUT2D eigenvalue weighted by atomic mass is 16.5. The molecule has 0 amide bonds. The molecule has 0 unspecified atom stereocenters. The maximum atomic E-state index is 12.0. The van der Waals surface area contributed by atoms with Crippen LogP contribution in [0, 0.1) is 6.92 Å². The Morgan fingerprint density at radius 1 is 0.816 bits per heavy atom. The van der Waals surface area contributed by atoms with E-state index in [4.69, 9.17) is 24.3 Å². The second kappa shape index (κ2) is 14.2. The normalized spacial score (nSPS) is 10.1. The van der Waals surface area contributed by atoms with Crippen LogP contribution in [0.5, 0.6) is 0 Å². The fourth-order valence-electron chi connectivity index (χ4n) is 3.77. The number of nitrogens with zero attached hydrogens (tertiary/aromatic N) is 3. The van der Waals surface area contributed by atoms with Crippen molar-refractivity contribution < 1.29 is 19.1 Å². The van der Waals surface area contributed by atoms with E-state index in [1.165, 1.54) is 5.56 Å². The highest BCUT2D eigenvalue weighted by Crippen LogP contribution is 2.18. The van der Waals surface area contributed by atoms with Gasteiger partial charge in [0.15, 0.2) is 0 Å². The molecule has 8 nitrogen and oxygen atoms in total.